The molecule has 3 rings (SSSR count). The summed E-state index contributed by atoms with van der Waals surface area (Å²) in [6.07, 6.45) is 4.22. The van der Waals surface area contributed by atoms with Crippen molar-refractivity contribution in [2.45, 2.75) is 19.4 Å². The Kier molecular flexibility index (Phi) is 2.44. The van der Waals surface area contributed by atoms with Gasteiger partial charge < -0.3 is 15.6 Å². The van der Waals surface area contributed by atoms with Crippen molar-refractivity contribution in [3.63, 3.8) is 0 Å². The van der Waals surface area contributed by atoms with Gasteiger partial charge in [0.25, 0.3) is 0 Å². The standard InChI is InChI=1S/C11H16N6/c1-7-4-17(3-2-8(7)12)11-9-10(14-5-13-9)15-6-16-11/h5-8H,2-4,12H2,1H3,(H,13,14,15,16). The highest BCUT2D eigenvalue weighted by Gasteiger charge is 2.25. The minimum absolute atomic E-state index is 0.297. The van der Waals surface area contributed by atoms with Gasteiger partial charge in [0.15, 0.2) is 11.5 Å². The predicted molar refractivity (Wildman–Crippen MR) is 65.7 cm³/mol. The molecule has 2 aromatic heterocycles. The maximum absolute atomic E-state index is 6.03. The van der Waals surface area contributed by atoms with E-state index in [2.05, 4.69) is 31.8 Å². The fourth-order valence-corrected chi connectivity index (χ4v) is 2.35. The zero-order chi connectivity index (χ0) is 11.8. The molecule has 90 valence electrons. The second-order valence-electron chi connectivity index (χ2n) is 4.67. The number of imidazole rings is 1. The topological polar surface area (TPSA) is 83.7 Å². The maximum atomic E-state index is 6.03. The third-order valence-electron chi connectivity index (χ3n) is 3.47. The van der Waals surface area contributed by atoms with E-state index in [1.54, 1.807) is 12.7 Å². The molecule has 1 saturated heterocycles. The molecule has 0 aliphatic carbocycles. The number of anilines is 1. The van der Waals surface area contributed by atoms with Gasteiger partial charge in [0.2, 0.25) is 0 Å². The first-order valence-corrected chi connectivity index (χ1v) is 5.90. The van der Waals surface area contributed by atoms with Crippen LogP contribution in [-0.2, 0) is 0 Å². The number of aromatic nitrogens is 4. The predicted octanol–water partition coefficient (Wildman–Crippen LogP) is 0.526. The molecule has 0 bridgehead atoms. The summed E-state index contributed by atoms with van der Waals surface area (Å²) in [6, 6.07) is 0.297. The molecule has 3 heterocycles. The summed E-state index contributed by atoms with van der Waals surface area (Å²) in [4.78, 5) is 18.0. The number of fused-ring (bicyclic) bond motifs is 1. The number of piperidine rings is 1. The minimum Gasteiger partial charge on any atom is -0.354 e. The van der Waals surface area contributed by atoms with Crippen molar-refractivity contribution in [3.8, 4) is 0 Å². The van der Waals surface area contributed by atoms with Crippen LogP contribution in [0.1, 0.15) is 13.3 Å². The average molecular weight is 232 g/mol. The van der Waals surface area contributed by atoms with Crippen LogP contribution in [0.15, 0.2) is 12.7 Å². The van der Waals surface area contributed by atoms with Gasteiger partial charge in [-0.15, -0.1) is 0 Å². The molecule has 6 heteroatoms. The molecule has 1 fully saturated rings. The number of aromatic amines is 1. The molecule has 6 nitrogen and oxygen atoms in total. The fourth-order valence-electron chi connectivity index (χ4n) is 2.35. The molecule has 3 N–H and O–H groups in total. The molecule has 0 saturated carbocycles. The van der Waals surface area contributed by atoms with E-state index in [-0.39, 0.29) is 0 Å². The number of nitrogens with two attached hydrogens (primary N) is 1. The number of hydrogen-bond donors (Lipinski definition) is 2. The lowest BCUT2D eigenvalue weighted by Crippen LogP contribution is -2.46. The Bertz CT molecular complexity index is 521. The number of nitrogens with one attached hydrogen (secondary N) is 1. The molecule has 0 radical (unpaired) electrons. The molecular formula is C11H16N6. The van der Waals surface area contributed by atoms with Crippen LogP contribution in [0.4, 0.5) is 5.82 Å². The molecule has 17 heavy (non-hydrogen) atoms. The van der Waals surface area contributed by atoms with Gasteiger partial charge in [-0.3, -0.25) is 0 Å². The summed E-state index contributed by atoms with van der Waals surface area (Å²) in [5, 5.41) is 0. The lowest BCUT2D eigenvalue weighted by Gasteiger charge is -2.35. The van der Waals surface area contributed by atoms with Crippen molar-refractivity contribution < 1.29 is 0 Å². The van der Waals surface area contributed by atoms with Crippen LogP contribution in [0.5, 0.6) is 0 Å². The Hall–Kier alpha value is -1.69. The van der Waals surface area contributed by atoms with E-state index in [0.717, 1.165) is 36.5 Å². The highest BCUT2D eigenvalue weighted by Crippen LogP contribution is 2.24. The van der Waals surface area contributed by atoms with Gasteiger partial charge in [-0.2, -0.15) is 0 Å². The average Bonchev–Trinajstić information content (AvgIpc) is 2.80. The summed E-state index contributed by atoms with van der Waals surface area (Å²) in [5.74, 6) is 1.42. The molecule has 2 unspecified atom stereocenters. The minimum atomic E-state index is 0.297. The van der Waals surface area contributed by atoms with E-state index in [9.17, 15) is 0 Å². The smallest absolute Gasteiger partial charge is 0.182 e. The van der Waals surface area contributed by atoms with Gasteiger partial charge in [0.1, 0.15) is 11.8 Å². The second-order valence-corrected chi connectivity index (χ2v) is 4.67. The highest BCUT2D eigenvalue weighted by atomic mass is 15.2. The van der Waals surface area contributed by atoms with Crippen LogP contribution in [-0.4, -0.2) is 39.1 Å². The zero-order valence-electron chi connectivity index (χ0n) is 9.80. The third-order valence-corrected chi connectivity index (χ3v) is 3.47. The Labute approximate surface area is 99.3 Å². The van der Waals surface area contributed by atoms with Crippen molar-refractivity contribution in [1.29, 1.82) is 0 Å². The van der Waals surface area contributed by atoms with E-state index in [1.165, 1.54) is 0 Å². The number of hydrogen-bond acceptors (Lipinski definition) is 5. The lowest BCUT2D eigenvalue weighted by atomic mass is 9.95. The maximum Gasteiger partial charge on any atom is 0.182 e. The number of rotatable bonds is 1. The lowest BCUT2D eigenvalue weighted by molar-refractivity contribution is 0.382. The van der Waals surface area contributed by atoms with Crippen molar-refractivity contribution in [3.05, 3.63) is 12.7 Å². The number of nitrogens with zero attached hydrogens (tertiary/aromatic N) is 4. The van der Waals surface area contributed by atoms with Gasteiger partial charge >= 0.3 is 0 Å². The molecular weight excluding hydrogens is 216 g/mol. The van der Waals surface area contributed by atoms with Gasteiger partial charge in [-0.25, -0.2) is 15.0 Å². The molecule has 1 aliphatic heterocycles. The van der Waals surface area contributed by atoms with Crippen LogP contribution >= 0.6 is 0 Å². The van der Waals surface area contributed by atoms with Crippen LogP contribution in [0.2, 0.25) is 0 Å². The van der Waals surface area contributed by atoms with E-state index < -0.39 is 0 Å². The van der Waals surface area contributed by atoms with Crippen LogP contribution in [0, 0.1) is 5.92 Å². The third kappa shape index (κ3) is 1.74. The summed E-state index contributed by atoms with van der Waals surface area (Å²) in [5.41, 5.74) is 7.66. The molecule has 2 atom stereocenters. The van der Waals surface area contributed by atoms with Gasteiger partial charge in [0, 0.05) is 19.1 Å². The van der Waals surface area contributed by atoms with E-state index in [1.807, 2.05) is 0 Å². The second kappa shape index (κ2) is 3.96. The summed E-state index contributed by atoms with van der Waals surface area (Å²) in [7, 11) is 0. The van der Waals surface area contributed by atoms with E-state index in [0.29, 0.717) is 12.0 Å². The summed E-state index contributed by atoms with van der Waals surface area (Å²) >= 11 is 0. The van der Waals surface area contributed by atoms with Crippen LogP contribution < -0.4 is 10.6 Å². The Morgan fingerprint density at radius 3 is 3.12 bits per heavy atom. The Morgan fingerprint density at radius 2 is 2.29 bits per heavy atom. The Balaban J connectivity index is 1.96. The van der Waals surface area contributed by atoms with Gasteiger partial charge in [-0.1, -0.05) is 6.92 Å². The summed E-state index contributed by atoms with van der Waals surface area (Å²) < 4.78 is 0. The zero-order valence-corrected chi connectivity index (χ0v) is 9.80. The highest BCUT2D eigenvalue weighted by molar-refractivity contribution is 5.82. The van der Waals surface area contributed by atoms with Crippen molar-refractivity contribution in [2.75, 3.05) is 18.0 Å². The summed E-state index contributed by atoms with van der Waals surface area (Å²) in [6.45, 7) is 4.06. The first-order chi connectivity index (χ1) is 8.25. The van der Waals surface area contributed by atoms with E-state index >= 15 is 0 Å². The molecule has 2 aromatic rings. The van der Waals surface area contributed by atoms with Crippen molar-refractivity contribution in [1.82, 2.24) is 19.9 Å². The Morgan fingerprint density at radius 1 is 1.41 bits per heavy atom. The SMILES string of the molecule is CC1CN(c2ncnc3nc[nH]c23)CCC1N. The van der Waals surface area contributed by atoms with Gasteiger partial charge in [-0.05, 0) is 12.3 Å². The van der Waals surface area contributed by atoms with E-state index in [4.69, 9.17) is 5.73 Å². The number of H-pyrrole nitrogens is 1. The van der Waals surface area contributed by atoms with Gasteiger partial charge in [0.05, 0.1) is 6.33 Å². The van der Waals surface area contributed by atoms with Crippen LogP contribution in [0.25, 0.3) is 11.2 Å². The molecule has 0 aromatic carbocycles. The normalized spacial score (nSPS) is 25.4. The fraction of sp³-hybridized carbons (Fsp3) is 0.545. The largest absolute Gasteiger partial charge is 0.354 e. The first kappa shape index (κ1) is 10.5. The quantitative estimate of drug-likeness (QED) is 0.749. The molecule has 1 aliphatic rings. The monoisotopic (exact) mass is 232 g/mol. The molecule has 0 amide bonds. The first-order valence-electron chi connectivity index (χ1n) is 5.90. The van der Waals surface area contributed by atoms with Crippen molar-refractivity contribution in [2.24, 2.45) is 11.7 Å². The van der Waals surface area contributed by atoms with Crippen molar-refractivity contribution >= 4 is 17.0 Å². The van der Waals surface area contributed by atoms with Crippen LogP contribution in [0.3, 0.4) is 0 Å². The molecule has 0 spiro atoms.